The van der Waals surface area contributed by atoms with Crippen LogP contribution in [0.4, 0.5) is 0 Å². The van der Waals surface area contributed by atoms with Crippen LogP contribution < -0.4 is 15.4 Å². The fourth-order valence-corrected chi connectivity index (χ4v) is 1.91. The van der Waals surface area contributed by atoms with Crippen molar-refractivity contribution in [3.8, 4) is 5.75 Å². The van der Waals surface area contributed by atoms with Crippen LogP contribution in [-0.2, 0) is 4.74 Å². The van der Waals surface area contributed by atoms with E-state index >= 15 is 0 Å². The molecule has 0 amide bonds. The minimum atomic E-state index is 0. The van der Waals surface area contributed by atoms with Crippen LogP contribution in [0.25, 0.3) is 0 Å². The Morgan fingerprint density at radius 1 is 1.17 bits per heavy atom. The molecule has 0 aliphatic heterocycles. The molecule has 0 aliphatic carbocycles. The number of para-hydroxylation sites is 1. The zero-order valence-corrected chi connectivity index (χ0v) is 16.7. The Morgan fingerprint density at radius 3 is 2.57 bits per heavy atom. The summed E-state index contributed by atoms with van der Waals surface area (Å²) in [5.41, 5.74) is 0. The first kappa shape index (κ1) is 22.0. The van der Waals surface area contributed by atoms with Crippen LogP contribution in [0.1, 0.15) is 26.7 Å². The van der Waals surface area contributed by atoms with Gasteiger partial charge in [-0.3, -0.25) is 4.99 Å². The Labute approximate surface area is 157 Å². The molecule has 0 radical (unpaired) electrons. The van der Waals surface area contributed by atoms with E-state index in [-0.39, 0.29) is 30.1 Å². The number of hydrogen-bond acceptors (Lipinski definition) is 3. The quantitative estimate of drug-likeness (QED) is 0.257. The van der Waals surface area contributed by atoms with E-state index in [1.165, 1.54) is 0 Å². The summed E-state index contributed by atoms with van der Waals surface area (Å²) in [6.07, 6.45) is 2.20. The minimum Gasteiger partial charge on any atom is -0.489 e. The number of rotatable bonds is 10. The smallest absolute Gasteiger partial charge is 0.191 e. The molecule has 23 heavy (non-hydrogen) atoms. The Hall–Kier alpha value is -1.02. The van der Waals surface area contributed by atoms with E-state index < -0.39 is 0 Å². The van der Waals surface area contributed by atoms with Gasteiger partial charge in [-0.1, -0.05) is 18.2 Å². The van der Waals surface area contributed by atoms with E-state index in [1.54, 1.807) is 7.05 Å². The fraction of sp³-hybridized carbons (Fsp3) is 0.588. The lowest BCUT2D eigenvalue weighted by molar-refractivity contribution is 0.143. The first-order chi connectivity index (χ1) is 10.8. The van der Waals surface area contributed by atoms with Crippen LogP contribution in [0, 0.1) is 0 Å². The number of hydrogen-bond donors (Lipinski definition) is 2. The summed E-state index contributed by atoms with van der Waals surface area (Å²) in [7, 11) is 1.78. The third-order valence-corrected chi connectivity index (χ3v) is 3.07. The van der Waals surface area contributed by atoms with Gasteiger partial charge in [0.2, 0.25) is 0 Å². The third-order valence-electron chi connectivity index (χ3n) is 3.07. The highest BCUT2D eigenvalue weighted by Crippen LogP contribution is 2.10. The molecule has 5 nitrogen and oxygen atoms in total. The molecule has 1 atom stereocenters. The number of nitrogens with zero attached hydrogens (tertiary/aromatic N) is 1. The van der Waals surface area contributed by atoms with Gasteiger partial charge in [-0.2, -0.15) is 0 Å². The second kappa shape index (κ2) is 14.6. The molecule has 6 heteroatoms. The maximum absolute atomic E-state index is 5.82. The number of halogens is 1. The normalized spacial score (nSPS) is 12.2. The van der Waals surface area contributed by atoms with Crippen LogP contribution in [0.2, 0.25) is 0 Å². The molecule has 1 aromatic carbocycles. The largest absolute Gasteiger partial charge is 0.489 e. The van der Waals surface area contributed by atoms with E-state index in [0.29, 0.717) is 6.54 Å². The average Bonchev–Trinajstić information content (AvgIpc) is 2.54. The zero-order chi connectivity index (χ0) is 16.0. The maximum atomic E-state index is 5.82. The zero-order valence-electron chi connectivity index (χ0n) is 14.4. The van der Waals surface area contributed by atoms with Gasteiger partial charge in [-0.15, -0.1) is 24.0 Å². The van der Waals surface area contributed by atoms with E-state index in [1.807, 2.05) is 44.2 Å². The lowest BCUT2D eigenvalue weighted by atomic mass is 10.3. The molecule has 0 aliphatic rings. The predicted molar refractivity (Wildman–Crippen MR) is 107 cm³/mol. The second-order valence-corrected chi connectivity index (χ2v) is 5.03. The first-order valence-corrected chi connectivity index (χ1v) is 8.00. The van der Waals surface area contributed by atoms with Crippen molar-refractivity contribution in [3.05, 3.63) is 30.3 Å². The molecule has 0 heterocycles. The van der Waals surface area contributed by atoms with Crippen molar-refractivity contribution >= 4 is 29.9 Å². The number of ether oxygens (including phenoxy) is 2. The van der Waals surface area contributed by atoms with Gasteiger partial charge in [0.25, 0.3) is 0 Å². The van der Waals surface area contributed by atoms with Gasteiger partial charge in [0.05, 0.1) is 6.54 Å². The van der Waals surface area contributed by atoms with Crippen LogP contribution in [0.15, 0.2) is 35.3 Å². The summed E-state index contributed by atoms with van der Waals surface area (Å²) < 4.78 is 11.1. The molecular formula is C17H30IN3O2. The molecule has 0 saturated heterocycles. The van der Waals surface area contributed by atoms with Crippen molar-refractivity contribution < 1.29 is 9.47 Å². The number of guanidine groups is 1. The Bertz CT molecular complexity index is 416. The third kappa shape index (κ3) is 11.2. The number of benzene rings is 1. The van der Waals surface area contributed by atoms with Crippen LogP contribution in [0.3, 0.4) is 0 Å². The average molecular weight is 435 g/mol. The molecule has 0 aromatic heterocycles. The number of unbranched alkanes of at least 4 members (excludes halogenated alkanes) is 1. The summed E-state index contributed by atoms with van der Waals surface area (Å²) in [4.78, 5) is 4.21. The van der Waals surface area contributed by atoms with Gasteiger partial charge < -0.3 is 20.1 Å². The van der Waals surface area contributed by atoms with E-state index in [9.17, 15) is 0 Å². The van der Waals surface area contributed by atoms with Crippen LogP contribution in [0.5, 0.6) is 5.75 Å². The summed E-state index contributed by atoms with van der Waals surface area (Å²) in [6, 6.07) is 9.84. The first-order valence-electron chi connectivity index (χ1n) is 8.00. The molecule has 1 aromatic rings. The summed E-state index contributed by atoms with van der Waals surface area (Å²) >= 11 is 0. The van der Waals surface area contributed by atoms with Crippen LogP contribution in [-0.4, -0.2) is 45.4 Å². The summed E-state index contributed by atoms with van der Waals surface area (Å²) in [5.74, 6) is 1.69. The predicted octanol–water partition coefficient (Wildman–Crippen LogP) is 3.05. The molecule has 132 valence electrons. The Kier molecular flexibility index (Phi) is 13.9. The van der Waals surface area contributed by atoms with E-state index in [0.717, 1.165) is 44.3 Å². The molecule has 1 rings (SSSR count). The second-order valence-electron chi connectivity index (χ2n) is 5.03. The van der Waals surface area contributed by atoms with Gasteiger partial charge in [0, 0.05) is 26.8 Å². The standard InChI is InChI=1S/C17H29N3O2.HI/c1-4-21-13-9-8-12-19-17(18-3)20-14-15(2)22-16-10-6-5-7-11-16;/h5-7,10-11,15H,4,8-9,12-14H2,1-3H3,(H2,18,19,20);1H. The lowest BCUT2D eigenvalue weighted by Crippen LogP contribution is -2.42. The summed E-state index contributed by atoms with van der Waals surface area (Å²) in [5, 5.41) is 6.57. The highest BCUT2D eigenvalue weighted by Gasteiger charge is 2.05. The molecule has 1 unspecified atom stereocenters. The van der Waals surface area contributed by atoms with Gasteiger partial charge in [-0.25, -0.2) is 0 Å². The highest BCUT2D eigenvalue weighted by atomic mass is 127. The summed E-state index contributed by atoms with van der Waals surface area (Å²) in [6.45, 7) is 7.26. The topological polar surface area (TPSA) is 54.9 Å². The molecule has 0 spiro atoms. The van der Waals surface area contributed by atoms with Gasteiger partial charge in [-0.05, 0) is 38.8 Å². The van der Waals surface area contributed by atoms with Crippen molar-refractivity contribution in [2.45, 2.75) is 32.8 Å². The molecular weight excluding hydrogens is 405 g/mol. The van der Waals surface area contributed by atoms with E-state index in [2.05, 4.69) is 15.6 Å². The monoisotopic (exact) mass is 435 g/mol. The van der Waals surface area contributed by atoms with Gasteiger partial charge >= 0.3 is 0 Å². The maximum Gasteiger partial charge on any atom is 0.191 e. The number of aliphatic imine (C=N–C) groups is 1. The van der Waals surface area contributed by atoms with Crippen LogP contribution >= 0.6 is 24.0 Å². The SMILES string of the molecule is CCOCCCCNC(=NC)NCC(C)Oc1ccccc1.I. The molecule has 2 N–H and O–H groups in total. The fourth-order valence-electron chi connectivity index (χ4n) is 1.91. The molecule has 0 bridgehead atoms. The molecule has 0 saturated carbocycles. The number of nitrogens with one attached hydrogen (secondary N) is 2. The van der Waals surface area contributed by atoms with Crippen molar-refractivity contribution in [2.75, 3.05) is 33.4 Å². The molecule has 0 fully saturated rings. The van der Waals surface area contributed by atoms with E-state index in [4.69, 9.17) is 9.47 Å². The van der Waals surface area contributed by atoms with Crippen molar-refractivity contribution in [2.24, 2.45) is 4.99 Å². The lowest BCUT2D eigenvalue weighted by Gasteiger charge is -2.17. The Morgan fingerprint density at radius 2 is 1.91 bits per heavy atom. The van der Waals surface area contributed by atoms with Crippen molar-refractivity contribution in [1.82, 2.24) is 10.6 Å². The Balaban J connectivity index is 0.00000484. The minimum absolute atomic E-state index is 0. The van der Waals surface area contributed by atoms with Gasteiger partial charge in [0.15, 0.2) is 5.96 Å². The highest BCUT2D eigenvalue weighted by molar-refractivity contribution is 14.0. The van der Waals surface area contributed by atoms with Gasteiger partial charge in [0.1, 0.15) is 11.9 Å². The van der Waals surface area contributed by atoms with Crippen molar-refractivity contribution in [3.63, 3.8) is 0 Å². The van der Waals surface area contributed by atoms with Crippen molar-refractivity contribution in [1.29, 1.82) is 0 Å².